The second kappa shape index (κ2) is 9.62. The van der Waals surface area contributed by atoms with Gasteiger partial charge in [-0.15, -0.1) is 0 Å². The fraction of sp³-hybridized carbons (Fsp3) is 0.185. The van der Waals surface area contributed by atoms with Crippen molar-refractivity contribution in [1.29, 1.82) is 0 Å². The number of carbonyl (C=O) groups is 1. The van der Waals surface area contributed by atoms with Gasteiger partial charge in [0.2, 0.25) is 0 Å². The Morgan fingerprint density at radius 3 is 2.38 bits per heavy atom. The van der Waals surface area contributed by atoms with E-state index in [-0.39, 0.29) is 5.91 Å². The quantitative estimate of drug-likeness (QED) is 0.455. The SMILES string of the molecule is Cc1cc(C(=O)NCc2ccc(CN)cc2)c(C)n1Cc1cccc(-c2ccccc2)n1. The molecule has 5 nitrogen and oxygen atoms in total. The van der Waals surface area contributed by atoms with Crippen LogP contribution in [0.3, 0.4) is 0 Å². The minimum absolute atomic E-state index is 0.0711. The lowest BCUT2D eigenvalue weighted by Crippen LogP contribution is -2.23. The summed E-state index contributed by atoms with van der Waals surface area (Å²) in [5.74, 6) is -0.0711. The third kappa shape index (κ3) is 4.79. The van der Waals surface area contributed by atoms with Gasteiger partial charge in [0.25, 0.3) is 5.91 Å². The van der Waals surface area contributed by atoms with E-state index in [1.807, 2.05) is 80.6 Å². The van der Waals surface area contributed by atoms with Crippen molar-refractivity contribution >= 4 is 5.91 Å². The van der Waals surface area contributed by atoms with Crippen molar-refractivity contribution in [1.82, 2.24) is 14.9 Å². The largest absolute Gasteiger partial charge is 0.348 e. The summed E-state index contributed by atoms with van der Waals surface area (Å²) in [5.41, 5.74) is 13.4. The van der Waals surface area contributed by atoms with Gasteiger partial charge in [-0.05, 0) is 43.2 Å². The molecular weight excluding hydrogens is 396 g/mol. The highest BCUT2D eigenvalue weighted by atomic mass is 16.1. The number of carbonyl (C=O) groups excluding carboxylic acids is 1. The Morgan fingerprint density at radius 2 is 1.66 bits per heavy atom. The van der Waals surface area contributed by atoms with E-state index in [1.165, 1.54) is 0 Å². The van der Waals surface area contributed by atoms with E-state index in [0.29, 0.717) is 25.2 Å². The van der Waals surface area contributed by atoms with Gasteiger partial charge >= 0.3 is 0 Å². The molecule has 0 fully saturated rings. The van der Waals surface area contributed by atoms with E-state index in [0.717, 1.165) is 39.5 Å². The van der Waals surface area contributed by atoms with Crippen LogP contribution in [0.15, 0.2) is 78.9 Å². The summed E-state index contributed by atoms with van der Waals surface area (Å²) in [5, 5.41) is 3.03. The number of nitrogens with zero attached hydrogens (tertiary/aromatic N) is 2. The predicted molar refractivity (Wildman–Crippen MR) is 128 cm³/mol. The Hall–Kier alpha value is -3.70. The summed E-state index contributed by atoms with van der Waals surface area (Å²) < 4.78 is 2.14. The van der Waals surface area contributed by atoms with Crippen molar-refractivity contribution in [2.24, 2.45) is 5.73 Å². The zero-order valence-corrected chi connectivity index (χ0v) is 18.5. The second-order valence-electron chi connectivity index (χ2n) is 7.95. The van der Waals surface area contributed by atoms with Gasteiger partial charge in [-0.2, -0.15) is 0 Å². The molecule has 162 valence electrons. The molecule has 2 aromatic heterocycles. The number of hydrogen-bond donors (Lipinski definition) is 2. The van der Waals surface area contributed by atoms with E-state index < -0.39 is 0 Å². The monoisotopic (exact) mass is 424 g/mol. The van der Waals surface area contributed by atoms with Crippen molar-refractivity contribution in [3.05, 3.63) is 113 Å². The number of aromatic nitrogens is 2. The summed E-state index contributed by atoms with van der Waals surface area (Å²) in [6.07, 6.45) is 0. The van der Waals surface area contributed by atoms with Crippen molar-refractivity contribution in [2.45, 2.75) is 33.5 Å². The summed E-state index contributed by atoms with van der Waals surface area (Å²) in [6, 6.07) is 26.1. The maximum absolute atomic E-state index is 12.9. The van der Waals surface area contributed by atoms with Crippen LogP contribution in [-0.4, -0.2) is 15.5 Å². The third-order valence-electron chi connectivity index (χ3n) is 5.73. The van der Waals surface area contributed by atoms with E-state index in [1.54, 1.807) is 0 Å². The molecule has 0 saturated heterocycles. The first-order valence-corrected chi connectivity index (χ1v) is 10.8. The highest BCUT2D eigenvalue weighted by Crippen LogP contribution is 2.20. The van der Waals surface area contributed by atoms with Gasteiger partial charge in [0.15, 0.2) is 0 Å². The van der Waals surface area contributed by atoms with E-state index in [9.17, 15) is 4.79 Å². The molecule has 0 radical (unpaired) electrons. The lowest BCUT2D eigenvalue weighted by Gasteiger charge is -2.11. The fourth-order valence-electron chi connectivity index (χ4n) is 3.84. The second-order valence-corrected chi connectivity index (χ2v) is 7.95. The molecular formula is C27H28N4O. The number of aryl methyl sites for hydroxylation is 1. The van der Waals surface area contributed by atoms with Crippen LogP contribution < -0.4 is 11.1 Å². The summed E-state index contributed by atoms with van der Waals surface area (Å²) >= 11 is 0. The highest BCUT2D eigenvalue weighted by molar-refractivity contribution is 5.95. The number of nitrogens with two attached hydrogens (primary N) is 1. The van der Waals surface area contributed by atoms with Crippen LogP contribution in [0.25, 0.3) is 11.3 Å². The molecule has 0 aliphatic carbocycles. The molecule has 2 aromatic carbocycles. The fourth-order valence-corrected chi connectivity index (χ4v) is 3.84. The van der Waals surface area contributed by atoms with Gasteiger partial charge in [0.1, 0.15) is 0 Å². The Bertz CT molecular complexity index is 1210. The molecule has 0 unspecified atom stereocenters. The molecule has 4 aromatic rings. The molecule has 0 atom stereocenters. The average molecular weight is 425 g/mol. The number of hydrogen-bond acceptors (Lipinski definition) is 3. The Labute approximate surface area is 188 Å². The third-order valence-corrected chi connectivity index (χ3v) is 5.73. The van der Waals surface area contributed by atoms with Crippen LogP contribution in [0.2, 0.25) is 0 Å². The van der Waals surface area contributed by atoms with Gasteiger partial charge in [0, 0.05) is 30.0 Å². The maximum Gasteiger partial charge on any atom is 0.253 e. The standard InChI is InChI=1S/C27H28N4O/c1-19-15-25(27(32)29-17-22-13-11-21(16-28)12-14-22)20(2)31(19)18-24-9-6-10-26(30-24)23-7-4-3-5-8-23/h3-15H,16-18,28H2,1-2H3,(H,29,32). The molecule has 0 bridgehead atoms. The average Bonchev–Trinajstić information content (AvgIpc) is 3.12. The van der Waals surface area contributed by atoms with Crippen LogP contribution in [0.5, 0.6) is 0 Å². The Kier molecular flexibility index (Phi) is 6.47. The van der Waals surface area contributed by atoms with Gasteiger partial charge < -0.3 is 15.6 Å². The first-order valence-electron chi connectivity index (χ1n) is 10.8. The topological polar surface area (TPSA) is 72.9 Å². The Balaban J connectivity index is 1.48. The normalized spacial score (nSPS) is 10.8. The van der Waals surface area contributed by atoms with Crippen molar-refractivity contribution < 1.29 is 4.79 Å². The zero-order valence-electron chi connectivity index (χ0n) is 18.5. The molecule has 5 heteroatoms. The summed E-state index contributed by atoms with van der Waals surface area (Å²) in [4.78, 5) is 17.7. The smallest absolute Gasteiger partial charge is 0.253 e. The molecule has 0 saturated carbocycles. The van der Waals surface area contributed by atoms with Crippen molar-refractivity contribution in [3.63, 3.8) is 0 Å². The maximum atomic E-state index is 12.9. The number of rotatable bonds is 7. The first-order chi connectivity index (χ1) is 15.5. The zero-order chi connectivity index (χ0) is 22.5. The lowest BCUT2D eigenvalue weighted by atomic mass is 10.1. The van der Waals surface area contributed by atoms with Crippen LogP contribution in [0.1, 0.15) is 38.6 Å². The van der Waals surface area contributed by atoms with Gasteiger partial charge in [-0.1, -0.05) is 60.7 Å². The molecule has 3 N–H and O–H groups in total. The highest BCUT2D eigenvalue weighted by Gasteiger charge is 2.16. The minimum atomic E-state index is -0.0711. The molecule has 0 aliphatic heterocycles. The molecule has 1 amide bonds. The first kappa shape index (κ1) is 21.5. The van der Waals surface area contributed by atoms with Crippen LogP contribution in [-0.2, 0) is 19.6 Å². The van der Waals surface area contributed by atoms with Crippen molar-refractivity contribution in [2.75, 3.05) is 0 Å². The Morgan fingerprint density at radius 1 is 0.938 bits per heavy atom. The van der Waals surface area contributed by atoms with E-state index >= 15 is 0 Å². The molecule has 32 heavy (non-hydrogen) atoms. The van der Waals surface area contributed by atoms with Crippen LogP contribution in [0.4, 0.5) is 0 Å². The van der Waals surface area contributed by atoms with Gasteiger partial charge in [0.05, 0.1) is 23.5 Å². The van der Waals surface area contributed by atoms with E-state index in [2.05, 4.69) is 22.0 Å². The molecule has 0 aliphatic rings. The number of amides is 1. The predicted octanol–water partition coefficient (Wildman–Crippen LogP) is 4.60. The van der Waals surface area contributed by atoms with Crippen LogP contribution >= 0.6 is 0 Å². The van der Waals surface area contributed by atoms with Gasteiger partial charge in [-0.25, -0.2) is 0 Å². The van der Waals surface area contributed by atoms with Gasteiger partial charge in [-0.3, -0.25) is 9.78 Å². The van der Waals surface area contributed by atoms with Crippen LogP contribution in [0, 0.1) is 13.8 Å². The lowest BCUT2D eigenvalue weighted by molar-refractivity contribution is 0.0950. The van der Waals surface area contributed by atoms with E-state index in [4.69, 9.17) is 10.7 Å². The molecule has 0 spiro atoms. The molecule has 2 heterocycles. The summed E-state index contributed by atoms with van der Waals surface area (Å²) in [6.45, 7) is 5.62. The molecule has 4 rings (SSSR count). The number of pyridine rings is 1. The number of benzene rings is 2. The number of nitrogens with one attached hydrogen (secondary N) is 1. The minimum Gasteiger partial charge on any atom is -0.348 e. The van der Waals surface area contributed by atoms with Crippen molar-refractivity contribution in [3.8, 4) is 11.3 Å². The summed E-state index contributed by atoms with van der Waals surface area (Å²) in [7, 11) is 0.